The Hall–Kier alpha value is -3.16. The summed E-state index contributed by atoms with van der Waals surface area (Å²) in [7, 11) is -7.67. The highest BCUT2D eigenvalue weighted by molar-refractivity contribution is 7.92. The lowest BCUT2D eigenvalue weighted by atomic mass is 10.2. The van der Waals surface area contributed by atoms with E-state index in [4.69, 9.17) is 21.1 Å². The molecule has 4 rings (SSSR count). The molecule has 1 aliphatic heterocycles. The number of hydrogen-bond donors (Lipinski definition) is 1. The van der Waals surface area contributed by atoms with E-state index in [9.17, 15) is 21.6 Å². The zero-order chi connectivity index (χ0) is 28.8. The Bertz CT molecular complexity index is 1530. The fourth-order valence-electron chi connectivity index (χ4n) is 3.97. The van der Waals surface area contributed by atoms with Gasteiger partial charge < -0.3 is 14.8 Å². The number of ether oxygens (including phenoxy) is 2. The molecule has 40 heavy (non-hydrogen) atoms. The Kier molecular flexibility index (Phi) is 9.69. The summed E-state index contributed by atoms with van der Waals surface area (Å²) in [5.74, 6) is -0.108. The maximum atomic E-state index is 13.4. The lowest BCUT2D eigenvalue weighted by Crippen LogP contribution is -2.42. The van der Waals surface area contributed by atoms with Gasteiger partial charge in [0, 0.05) is 18.1 Å². The number of carbonyl (C=O) groups is 1. The van der Waals surface area contributed by atoms with E-state index in [-0.39, 0.29) is 28.6 Å². The molecule has 0 radical (unpaired) electrons. The number of benzene rings is 3. The van der Waals surface area contributed by atoms with E-state index in [1.165, 1.54) is 34.6 Å². The number of nitrogens with zero attached hydrogens (tertiary/aromatic N) is 2. The van der Waals surface area contributed by atoms with Gasteiger partial charge in [-0.2, -0.15) is 4.31 Å². The summed E-state index contributed by atoms with van der Waals surface area (Å²) in [6.07, 6.45) is 0. The van der Waals surface area contributed by atoms with Crippen molar-refractivity contribution >= 4 is 43.2 Å². The maximum Gasteiger partial charge on any atom is 0.264 e. The van der Waals surface area contributed by atoms with Gasteiger partial charge in [-0.3, -0.25) is 9.10 Å². The third-order valence-electron chi connectivity index (χ3n) is 6.12. The van der Waals surface area contributed by atoms with Gasteiger partial charge in [0.1, 0.15) is 18.9 Å². The Morgan fingerprint density at radius 3 is 2.27 bits per heavy atom. The lowest BCUT2D eigenvalue weighted by molar-refractivity contribution is -0.119. The highest BCUT2D eigenvalue weighted by atomic mass is 35.5. The Labute approximate surface area is 239 Å². The smallest absolute Gasteiger partial charge is 0.264 e. The standard InChI is InChI=1S/C27H30ClN3O7S2/c1-21-5-9-26(10-6-21)40(35,36)31(23-4-2-3-22(28)19-23)20-27(32)29-13-16-38-24-7-11-25(12-8-24)39(33,34)30-14-17-37-18-15-30/h2-12,19H,13-18,20H2,1H3,(H,29,32). The first-order chi connectivity index (χ1) is 19.1. The lowest BCUT2D eigenvalue weighted by Gasteiger charge is -2.26. The number of morpholine rings is 1. The highest BCUT2D eigenvalue weighted by Crippen LogP contribution is 2.26. The number of nitrogens with one attached hydrogen (secondary N) is 1. The van der Waals surface area contributed by atoms with Crippen LogP contribution in [0, 0.1) is 6.92 Å². The average molecular weight is 608 g/mol. The van der Waals surface area contributed by atoms with E-state index < -0.39 is 32.5 Å². The van der Waals surface area contributed by atoms with Gasteiger partial charge in [-0.25, -0.2) is 16.8 Å². The summed E-state index contributed by atoms with van der Waals surface area (Å²) < 4.78 is 65.6. The molecule has 1 N–H and O–H groups in total. The predicted octanol–water partition coefficient (Wildman–Crippen LogP) is 3.06. The van der Waals surface area contributed by atoms with Gasteiger partial charge in [0.15, 0.2) is 0 Å². The first-order valence-electron chi connectivity index (χ1n) is 12.5. The van der Waals surface area contributed by atoms with Crippen molar-refractivity contribution in [2.75, 3.05) is 50.3 Å². The van der Waals surface area contributed by atoms with Crippen LogP contribution in [0.4, 0.5) is 5.69 Å². The largest absolute Gasteiger partial charge is 0.492 e. The Balaban J connectivity index is 1.35. The van der Waals surface area contributed by atoms with Crippen LogP contribution in [0.2, 0.25) is 5.02 Å². The molecule has 1 fully saturated rings. The normalized spacial score (nSPS) is 14.4. The average Bonchev–Trinajstić information content (AvgIpc) is 2.95. The zero-order valence-electron chi connectivity index (χ0n) is 21.8. The number of aryl methyl sites for hydroxylation is 1. The van der Waals surface area contributed by atoms with Crippen LogP contribution in [0.5, 0.6) is 5.75 Å². The van der Waals surface area contributed by atoms with E-state index in [0.717, 1.165) is 9.87 Å². The maximum absolute atomic E-state index is 13.4. The van der Waals surface area contributed by atoms with Crippen LogP contribution < -0.4 is 14.4 Å². The minimum absolute atomic E-state index is 0.0493. The molecular formula is C27H30ClN3O7S2. The summed E-state index contributed by atoms with van der Waals surface area (Å²) >= 11 is 6.10. The van der Waals surface area contributed by atoms with Crippen molar-refractivity contribution in [2.45, 2.75) is 16.7 Å². The van der Waals surface area contributed by atoms with Crippen LogP contribution in [0.25, 0.3) is 0 Å². The van der Waals surface area contributed by atoms with Crippen molar-refractivity contribution < 1.29 is 31.1 Å². The van der Waals surface area contributed by atoms with Crippen molar-refractivity contribution in [1.29, 1.82) is 0 Å². The van der Waals surface area contributed by atoms with Gasteiger partial charge in [-0.05, 0) is 61.5 Å². The fourth-order valence-corrected chi connectivity index (χ4v) is 6.98. The topological polar surface area (TPSA) is 122 Å². The number of amides is 1. The quantitative estimate of drug-likeness (QED) is 0.332. The molecule has 214 valence electrons. The minimum Gasteiger partial charge on any atom is -0.492 e. The number of anilines is 1. The van der Waals surface area contributed by atoms with Crippen molar-refractivity contribution in [2.24, 2.45) is 0 Å². The van der Waals surface area contributed by atoms with Crippen molar-refractivity contribution in [3.63, 3.8) is 0 Å². The minimum atomic E-state index is -4.06. The van der Waals surface area contributed by atoms with Gasteiger partial charge >= 0.3 is 0 Å². The van der Waals surface area contributed by atoms with Gasteiger partial charge in [-0.15, -0.1) is 0 Å². The SMILES string of the molecule is Cc1ccc(S(=O)(=O)N(CC(=O)NCCOc2ccc(S(=O)(=O)N3CCOCC3)cc2)c2cccc(Cl)c2)cc1. The highest BCUT2D eigenvalue weighted by Gasteiger charge is 2.28. The zero-order valence-corrected chi connectivity index (χ0v) is 24.2. The molecule has 1 amide bonds. The molecule has 0 bridgehead atoms. The monoisotopic (exact) mass is 607 g/mol. The molecule has 0 aromatic heterocycles. The number of hydrogen-bond acceptors (Lipinski definition) is 7. The summed E-state index contributed by atoms with van der Waals surface area (Å²) in [4.78, 5) is 13.0. The van der Waals surface area contributed by atoms with E-state index in [1.54, 1.807) is 42.5 Å². The van der Waals surface area contributed by atoms with Gasteiger partial charge in [0.2, 0.25) is 15.9 Å². The summed E-state index contributed by atoms with van der Waals surface area (Å²) in [5, 5.41) is 2.99. The van der Waals surface area contributed by atoms with E-state index in [0.29, 0.717) is 37.1 Å². The van der Waals surface area contributed by atoms with Crippen molar-refractivity contribution in [3.05, 3.63) is 83.4 Å². The molecule has 10 nitrogen and oxygen atoms in total. The van der Waals surface area contributed by atoms with Crippen LogP contribution >= 0.6 is 11.6 Å². The molecule has 1 aliphatic rings. The second-order valence-corrected chi connectivity index (χ2v) is 13.2. The van der Waals surface area contributed by atoms with E-state index in [1.807, 2.05) is 6.92 Å². The van der Waals surface area contributed by atoms with E-state index in [2.05, 4.69) is 5.32 Å². The molecule has 1 saturated heterocycles. The van der Waals surface area contributed by atoms with Gasteiger partial charge in [-0.1, -0.05) is 35.4 Å². The first kappa shape index (κ1) is 29.8. The molecule has 3 aromatic rings. The third-order valence-corrected chi connectivity index (χ3v) is 10.1. The molecule has 13 heteroatoms. The molecule has 1 heterocycles. The van der Waals surface area contributed by atoms with Crippen LogP contribution in [0.3, 0.4) is 0 Å². The van der Waals surface area contributed by atoms with Gasteiger partial charge in [0.25, 0.3) is 10.0 Å². The van der Waals surface area contributed by atoms with Crippen LogP contribution in [0.1, 0.15) is 5.56 Å². The molecular weight excluding hydrogens is 578 g/mol. The molecule has 0 aliphatic carbocycles. The van der Waals surface area contributed by atoms with Crippen molar-refractivity contribution in [3.8, 4) is 5.75 Å². The number of rotatable bonds is 11. The first-order valence-corrected chi connectivity index (χ1v) is 15.8. The number of halogens is 1. The third kappa shape index (κ3) is 7.32. The predicted molar refractivity (Wildman–Crippen MR) is 152 cm³/mol. The Morgan fingerprint density at radius 1 is 0.975 bits per heavy atom. The van der Waals surface area contributed by atoms with E-state index >= 15 is 0 Å². The molecule has 0 saturated carbocycles. The molecule has 3 aromatic carbocycles. The molecule has 0 unspecified atom stereocenters. The summed E-state index contributed by atoms with van der Waals surface area (Å²) in [6.45, 7) is 2.90. The second-order valence-electron chi connectivity index (χ2n) is 8.99. The van der Waals surface area contributed by atoms with Gasteiger partial charge in [0.05, 0.1) is 35.2 Å². The fraction of sp³-hybridized carbons (Fsp3) is 0.296. The van der Waals surface area contributed by atoms with Crippen LogP contribution in [-0.2, 0) is 29.6 Å². The number of sulfonamides is 2. The number of carbonyl (C=O) groups excluding carboxylic acids is 1. The summed E-state index contributed by atoms with van der Waals surface area (Å²) in [6, 6.07) is 18.7. The second kappa shape index (κ2) is 13.0. The van der Waals surface area contributed by atoms with Crippen LogP contribution in [-0.4, -0.2) is 73.0 Å². The molecule has 0 spiro atoms. The van der Waals surface area contributed by atoms with Crippen molar-refractivity contribution in [1.82, 2.24) is 9.62 Å². The van der Waals surface area contributed by atoms with Crippen LogP contribution in [0.15, 0.2) is 82.6 Å². The molecule has 0 atom stereocenters. The summed E-state index contributed by atoms with van der Waals surface area (Å²) in [5.41, 5.74) is 1.16. The Morgan fingerprint density at radius 2 is 1.62 bits per heavy atom.